The van der Waals surface area contributed by atoms with Crippen LogP contribution in [0.3, 0.4) is 0 Å². The lowest BCUT2D eigenvalue weighted by Crippen LogP contribution is -2.33. The molecule has 35 heavy (non-hydrogen) atoms. The summed E-state index contributed by atoms with van der Waals surface area (Å²) in [6.07, 6.45) is 0. The molecule has 178 valence electrons. The van der Waals surface area contributed by atoms with Crippen LogP contribution in [-0.4, -0.2) is 42.1 Å². The molecular weight excluding hydrogens is 490 g/mol. The number of hydrogen-bond donors (Lipinski definition) is 3. The van der Waals surface area contributed by atoms with Gasteiger partial charge in [-0.3, -0.25) is 14.9 Å². The molecule has 0 bridgehead atoms. The highest BCUT2D eigenvalue weighted by atomic mass is 32.2. The molecule has 3 N–H and O–H groups in total. The summed E-state index contributed by atoms with van der Waals surface area (Å²) in [4.78, 5) is 24.2. The fraction of sp³-hybridized carbons (Fsp3) is 0.0435. The van der Waals surface area contributed by atoms with E-state index in [9.17, 15) is 23.1 Å². The first-order valence-electron chi connectivity index (χ1n) is 10.2. The average molecular weight is 510 g/mol. The first-order chi connectivity index (χ1) is 16.9. The van der Waals surface area contributed by atoms with Gasteiger partial charge < -0.3 is 10.4 Å². The van der Waals surface area contributed by atoms with Gasteiger partial charge in [0.1, 0.15) is 11.3 Å². The summed E-state index contributed by atoms with van der Waals surface area (Å²) >= 11 is 1.14. The predicted molar refractivity (Wildman–Crippen MR) is 131 cm³/mol. The van der Waals surface area contributed by atoms with Gasteiger partial charge in [0.2, 0.25) is 11.0 Å². The van der Waals surface area contributed by atoms with E-state index in [0.717, 1.165) is 15.6 Å². The third-order valence-electron chi connectivity index (χ3n) is 4.76. The topological polar surface area (TPSA) is 142 Å². The normalized spacial score (nSPS) is 11.0. The van der Waals surface area contributed by atoms with Crippen molar-refractivity contribution in [3.05, 3.63) is 89.9 Å². The van der Waals surface area contributed by atoms with Crippen molar-refractivity contribution in [3.63, 3.8) is 0 Å². The second-order valence-corrected chi connectivity index (χ2v) is 9.71. The van der Waals surface area contributed by atoms with Gasteiger partial charge in [-0.2, -0.15) is 0 Å². The first-order valence-corrected chi connectivity index (χ1v) is 12.5. The van der Waals surface area contributed by atoms with E-state index in [1.807, 2.05) is 0 Å². The zero-order valence-electron chi connectivity index (χ0n) is 18.0. The van der Waals surface area contributed by atoms with Gasteiger partial charge in [-0.25, -0.2) is 12.7 Å². The summed E-state index contributed by atoms with van der Waals surface area (Å²) in [5, 5.41) is 22.9. The van der Waals surface area contributed by atoms with Gasteiger partial charge in [0.05, 0.1) is 22.8 Å². The minimum Gasteiger partial charge on any atom is -0.506 e. The van der Waals surface area contributed by atoms with Crippen molar-refractivity contribution in [1.82, 2.24) is 15.5 Å². The number of para-hydroxylation sites is 3. The summed E-state index contributed by atoms with van der Waals surface area (Å²) < 4.78 is 28.2. The van der Waals surface area contributed by atoms with E-state index in [2.05, 4.69) is 20.8 Å². The number of aromatic nitrogens is 2. The molecule has 0 saturated carbocycles. The van der Waals surface area contributed by atoms with Gasteiger partial charge in [0.15, 0.2) is 0 Å². The number of rotatable bonds is 8. The van der Waals surface area contributed by atoms with Gasteiger partial charge in [-0.05, 0) is 48.5 Å². The molecule has 0 saturated heterocycles. The Labute approximate surface area is 204 Å². The quantitative estimate of drug-likeness (QED) is 0.331. The Morgan fingerprint density at radius 1 is 0.943 bits per heavy atom. The third kappa shape index (κ3) is 5.45. The highest BCUT2D eigenvalue weighted by Gasteiger charge is 2.28. The number of nitrogens with zero attached hydrogens (tertiary/aromatic N) is 3. The van der Waals surface area contributed by atoms with Crippen LogP contribution >= 0.6 is 11.3 Å². The molecular formula is C23H19N5O5S2. The maximum absolute atomic E-state index is 13.6. The molecule has 0 aliphatic carbocycles. The lowest BCUT2D eigenvalue weighted by atomic mass is 10.2. The van der Waals surface area contributed by atoms with Gasteiger partial charge in [-0.15, -0.1) is 10.2 Å². The molecule has 1 heterocycles. The summed E-state index contributed by atoms with van der Waals surface area (Å²) in [7, 11) is -4.16. The lowest BCUT2D eigenvalue weighted by Gasteiger charge is -2.25. The number of phenolic OH excluding ortho intramolecular Hbond substituents is 1. The molecule has 2 amide bonds. The molecule has 0 aliphatic heterocycles. The van der Waals surface area contributed by atoms with Crippen molar-refractivity contribution in [1.29, 1.82) is 0 Å². The lowest BCUT2D eigenvalue weighted by molar-refractivity contribution is -0.115. The van der Waals surface area contributed by atoms with Crippen molar-refractivity contribution in [3.8, 4) is 5.75 Å². The molecule has 0 aliphatic rings. The highest BCUT2D eigenvalue weighted by Crippen LogP contribution is 2.37. The molecule has 0 spiro atoms. The number of carbonyl (C=O) groups excluding carboxylic acids is 2. The van der Waals surface area contributed by atoms with E-state index < -0.39 is 21.8 Å². The van der Waals surface area contributed by atoms with Crippen molar-refractivity contribution < 1.29 is 23.1 Å². The number of anilines is 3. The minimum absolute atomic E-state index is 0.0852. The Morgan fingerprint density at radius 3 is 2.29 bits per heavy atom. The molecule has 3 aromatic carbocycles. The molecule has 0 atom stereocenters. The number of sulfonamides is 1. The van der Waals surface area contributed by atoms with Crippen LogP contribution in [0.25, 0.3) is 0 Å². The van der Waals surface area contributed by atoms with Gasteiger partial charge in [-0.1, -0.05) is 41.7 Å². The Bertz CT molecular complexity index is 1430. The van der Waals surface area contributed by atoms with Crippen LogP contribution < -0.4 is 14.9 Å². The van der Waals surface area contributed by atoms with E-state index in [1.165, 1.54) is 41.9 Å². The molecule has 0 radical (unpaired) electrons. The largest absolute Gasteiger partial charge is 0.506 e. The number of hydrogen-bond acceptors (Lipinski definition) is 8. The van der Waals surface area contributed by atoms with Crippen molar-refractivity contribution >= 4 is 49.7 Å². The zero-order chi connectivity index (χ0) is 24.8. The van der Waals surface area contributed by atoms with Crippen molar-refractivity contribution in [2.24, 2.45) is 0 Å². The molecule has 0 unspecified atom stereocenters. The second kappa shape index (κ2) is 10.3. The monoisotopic (exact) mass is 509 g/mol. The Kier molecular flexibility index (Phi) is 7.03. The summed E-state index contributed by atoms with van der Waals surface area (Å²) in [5.41, 5.74) is 2.04. The fourth-order valence-corrected chi connectivity index (χ4v) is 5.11. The van der Waals surface area contributed by atoms with Gasteiger partial charge in [0, 0.05) is 5.56 Å². The van der Waals surface area contributed by atoms with Gasteiger partial charge >= 0.3 is 0 Å². The fourth-order valence-electron chi connectivity index (χ4n) is 3.14. The van der Waals surface area contributed by atoms with E-state index in [0.29, 0.717) is 10.8 Å². The number of aromatic hydroxyl groups is 1. The maximum Gasteiger partial charge on any atom is 0.268 e. The Balaban J connectivity index is 1.54. The standard InChI is InChI=1S/C23H19N5O5S2/c29-20-9-5-4-8-19(20)28(17-6-2-1-3-7-17)35(32,33)18-12-10-16(11-13-18)22(31)24-14-21(30)26-23-27-25-15-34-23/h1-13,15,29H,14H2,(H,24,31)(H,26,27,30). The van der Waals surface area contributed by atoms with E-state index >= 15 is 0 Å². The first kappa shape index (κ1) is 23.9. The third-order valence-corrected chi connectivity index (χ3v) is 7.12. The zero-order valence-corrected chi connectivity index (χ0v) is 19.7. The van der Waals surface area contributed by atoms with Crippen LogP contribution in [0.2, 0.25) is 0 Å². The second-order valence-electron chi connectivity index (χ2n) is 7.09. The minimum atomic E-state index is -4.16. The van der Waals surface area contributed by atoms with Crippen molar-refractivity contribution in [2.75, 3.05) is 16.2 Å². The number of carbonyl (C=O) groups is 2. The molecule has 4 aromatic rings. The Morgan fingerprint density at radius 2 is 1.63 bits per heavy atom. The number of phenols is 1. The predicted octanol–water partition coefficient (Wildman–Crippen LogP) is 3.14. The van der Waals surface area contributed by atoms with Crippen LogP contribution in [-0.2, 0) is 14.8 Å². The molecule has 0 fully saturated rings. The van der Waals surface area contributed by atoms with Crippen LogP contribution in [0.15, 0.2) is 89.3 Å². The molecule has 10 nitrogen and oxygen atoms in total. The van der Waals surface area contributed by atoms with Crippen LogP contribution in [0.1, 0.15) is 10.4 Å². The number of amides is 2. The summed E-state index contributed by atoms with van der Waals surface area (Å²) in [6, 6.07) is 19.7. The summed E-state index contributed by atoms with van der Waals surface area (Å²) in [5.74, 6) is -1.24. The number of benzene rings is 3. The Hall–Kier alpha value is -4.29. The van der Waals surface area contributed by atoms with E-state index in [1.54, 1.807) is 42.5 Å². The van der Waals surface area contributed by atoms with Crippen LogP contribution in [0.5, 0.6) is 5.75 Å². The summed E-state index contributed by atoms with van der Waals surface area (Å²) in [6.45, 7) is -0.298. The van der Waals surface area contributed by atoms with E-state index in [4.69, 9.17) is 0 Å². The highest BCUT2D eigenvalue weighted by molar-refractivity contribution is 7.93. The van der Waals surface area contributed by atoms with Gasteiger partial charge in [0.25, 0.3) is 15.9 Å². The molecule has 1 aromatic heterocycles. The van der Waals surface area contributed by atoms with Crippen molar-refractivity contribution in [2.45, 2.75) is 4.90 Å². The SMILES string of the molecule is O=C(CNC(=O)c1ccc(S(=O)(=O)N(c2ccccc2)c2ccccc2O)cc1)Nc1nncs1. The van der Waals surface area contributed by atoms with E-state index in [-0.39, 0.29) is 28.4 Å². The smallest absolute Gasteiger partial charge is 0.268 e. The average Bonchev–Trinajstić information content (AvgIpc) is 3.37. The molecule has 12 heteroatoms. The number of nitrogens with one attached hydrogen (secondary N) is 2. The molecule has 4 rings (SSSR count). The van der Waals surface area contributed by atoms with Crippen LogP contribution in [0, 0.1) is 0 Å². The van der Waals surface area contributed by atoms with Crippen LogP contribution in [0.4, 0.5) is 16.5 Å². The maximum atomic E-state index is 13.6.